The summed E-state index contributed by atoms with van der Waals surface area (Å²) in [6.45, 7) is 9.46. The SMILES string of the molecule is COc1ccc([C@H]2[C@@H]3CN(c4nc(C)c(C)c(C)n4)C[C@@H]3CN2C)cc1.Cl.Cl. The second kappa shape index (κ2) is 8.85. The van der Waals surface area contributed by atoms with Crippen LogP contribution in [0.5, 0.6) is 5.75 Å². The first-order valence-corrected chi connectivity index (χ1v) is 9.39. The van der Waals surface area contributed by atoms with Crippen molar-refractivity contribution in [2.45, 2.75) is 26.8 Å². The zero-order valence-corrected chi connectivity index (χ0v) is 18.8. The number of halogens is 2. The monoisotopic (exact) mass is 424 g/mol. The van der Waals surface area contributed by atoms with Gasteiger partial charge in [-0.05, 0) is 57.0 Å². The molecule has 4 rings (SSSR count). The molecule has 0 unspecified atom stereocenters. The van der Waals surface area contributed by atoms with Gasteiger partial charge in [0.2, 0.25) is 5.95 Å². The van der Waals surface area contributed by atoms with E-state index in [4.69, 9.17) is 14.7 Å². The summed E-state index contributed by atoms with van der Waals surface area (Å²) in [7, 11) is 3.96. The first-order chi connectivity index (χ1) is 12.5. The minimum Gasteiger partial charge on any atom is -0.497 e. The fourth-order valence-electron chi connectivity index (χ4n) is 4.62. The van der Waals surface area contributed by atoms with E-state index in [1.165, 1.54) is 11.1 Å². The number of aryl methyl sites for hydroxylation is 2. The summed E-state index contributed by atoms with van der Waals surface area (Å²) in [6, 6.07) is 9.00. The van der Waals surface area contributed by atoms with Gasteiger partial charge in [0.25, 0.3) is 0 Å². The third-order valence-corrected chi connectivity index (χ3v) is 6.26. The lowest BCUT2D eigenvalue weighted by molar-refractivity contribution is 0.279. The summed E-state index contributed by atoms with van der Waals surface area (Å²) < 4.78 is 5.31. The Morgan fingerprint density at radius 1 is 0.929 bits per heavy atom. The zero-order chi connectivity index (χ0) is 18.4. The van der Waals surface area contributed by atoms with Gasteiger partial charge < -0.3 is 9.64 Å². The quantitative estimate of drug-likeness (QED) is 0.744. The van der Waals surface area contributed by atoms with E-state index in [0.717, 1.165) is 42.7 Å². The molecular weight excluding hydrogens is 395 g/mol. The summed E-state index contributed by atoms with van der Waals surface area (Å²) in [5, 5.41) is 0. The van der Waals surface area contributed by atoms with Gasteiger partial charge >= 0.3 is 0 Å². The highest BCUT2D eigenvalue weighted by Gasteiger charge is 2.46. The highest BCUT2D eigenvalue weighted by atomic mass is 35.5. The lowest BCUT2D eigenvalue weighted by atomic mass is 9.89. The van der Waals surface area contributed by atoms with Crippen LogP contribution in [0.25, 0.3) is 0 Å². The second-order valence-electron chi connectivity index (χ2n) is 7.81. The molecule has 0 radical (unpaired) electrons. The van der Waals surface area contributed by atoms with Crippen molar-refractivity contribution in [2.75, 3.05) is 38.7 Å². The van der Waals surface area contributed by atoms with Crippen molar-refractivity contribution in [1.82, 2.24) is 14.9 Å². The average Bonchev–Trinajstić information content (AvgIpc) is 3.16. The van der Waals surface area contributed by atoms with Crippen LogP contribution >= 0.6 is 24.8 Å². The summed E-state index contributed by atoms with van der Waals surface area (Å²) in [5.41, 5.74) is 4.76. The smallest absolute Gasteiger partial charge is 0.225 e. The van der Waals surface area contributed by atoms with Crippen molar-refractivity contribution in [1.29, 1.82) is 0 Å². The molecule has 0 aliphatic carbocycles. The molecule has 1 aromatic carbocycles. The molecule has 2 aliphatic heterocycles. The number of rotatable bonds is 3. The lowest BCUT2D eigenvalue weighted by Crippen LogP contribution is -2.30. The van der Waals surface area contributed by atoms with E-state index in [1.54, 1.807) is 7.11 Å². The van der Waals surface area contributed by atoms with Gasteiger partial charge in [-0.1, -0.05) is 12.1 Å². The van der Waals surface area contributed by atoms with Crippen molar-refractivity contribution >= 4 is 30.8 Å². The van der Waals surface area contributed by atoms with Gasteiger partial charge in [-0.15, -0.1) is 24.8 Å². The molecule has 28 heavy (non-hydrogen) atoms. The highest BCUT2D eigenvalue weighted by Crippen LogP contribution is 2.44. The maximum atomic E-state index is 5.31. The molecule has 0 N–H and O–H groups in total. The fraction of sp³-hybridized carbons (Fsp3) is 0.524. The summed E-state index contributed by atoms with van der Waals surface area (Å²) in [6.07, 6.45) is 0. The number of nitrogens with zero attached hydrogens (tertiary/aromatic N) is 4. The van der Waals surface area contributed by atoms with Crippen LogP contribution in [0.3, 0.4) is 0 Å². The first-order valence-electron chi connectivity index (χ1n) is 9.39. The average molecular weight is 425 g/mol. The van der Waals surface area contributed by atoms with Crippen LogP contribution in [-0.2, 0) is 0 Å². The Kier molecular flexibility index (Phi) is 7.18. The minimum absolute atomic E-state index is 0. The van der Waals surface area contributed by atoms with Crippen LogP contribution in [0.1, 0.15) is 28.6 Å². The molecule has 0 spiro atoms. The fourth-order valence-corrected chi connectivity index (χ4v) is 4.62. The van der Waals surface area contributed by atoms with Gasteiger partial charge in [-0.25, -0.2) is 9.97 Å². The molecule has 0 amide bonds. The predicted molar refractivity (Wildman–Crippen MR) is 118 cm³/mol. The second-order valence-corrected chi connectivity index (χ2v) is 7.81. The number of aromatic nitrogens is 2. The molecule has 5 nitrogen and oxygen atoms in total. The maximum Gasteiger partial charge on any atom is 0.225 e. The molecule has 0 bridgehead atoms. The van der Waals surface area contributed by atoms with E-state index in [-0.39, 0.29) is 24.8 Å². The predicted octanol–water partition coefficient (Wildman–Crippen LogP) is 3.99. The van der Waals surface area contributed by atoms with Crippen LogP contribution < -0.4 is 9.64 Å². The number of fused-ring (bicyclic) bond motifs is 1. The molecule has 0 saturated carbocycles. The Bertz CT molecular complexity index is 792. The van der Waals surface area contributed by atoms with Gasteiger partial charge in [-0.3, -0.25) is 4.90 Å². The number of anilines is 1. The van der Waals surface area contributed by atoms with Crippen LogP contribution in [0.15, 0.2) is 24.3 Å². The lowest BCUT2D eigenvalue weighted by Gasteiger charge is -2.27. The molecule has 3 heterocycles. The van der Waals surface area contributed by atoms with E-state index in [0.29, 0.717) is 17.9 Å². The van der Waals surface area contributed by atoms with Crippen LogP contribution in [0.4, 0.5) is 5.95 Å². The third kappa shape index (κ3) is 3.93. The Labute approximate surface area is 180 Å². The Morgan fingerprint density at radius 2 is 1.54 bits per heavy atom. The van der Waals surface area contributed by atoms with E-state index < -0.39 is 0 Å². The van der Waals surface area contributed by atoms with Crippen molar-refractivity contribution in [2.24, 2.45) is 11.8 Å². The molecule has 2 fully saturated rings. The van der Waals surface area contributed by atoms with Crippen LogP contribution in [0, 0.1) is 32.6 Å². The van der Waals surface area contributed by atoms with Gasteiger partial charge in [0.05, 0.1) is 7.11 Å². The third-order valence-electron chi connectivity index (χ3n) is 6.26. The summed E-state index contributed by atoms with van der Waals surface area (Å²) in [4.78, 5) is 14.4. The number of likely N-dealkylation sites (tertiary alicyclic amines) is 1. The van der Waals surface area contributed by atoms with Gasteiger partial charge in [0.15, 0.2) is 0 Å². The van der Waals surface area contributed by atoms with Crippen molar-refractivity contribution in [3.05, 3.63) is 46.8 Å². The topological polar surface area (TPSA) is 41.5 Å². The highest BCUT2D eigenvalue weighted by molar-refractivity contribution is 5.85. The number of ether oxygens (including phenoxy) is 1. The largest absolute Gasteiger partial charge is 0.497 e. The number of hydrogen-bond acceptors (Lipinski definition) is 5. The van der Waals surface area contributed by atoms with E-state index in [9.17, 15) is 0 Å². The van der Waals surface area contributed by atoms with Crippen molar-refractivity contribution in [3.63, 3.8) is 0 Å². The molecule has 2 aliphatic rings. The minimum atomic E-state index is 0. The van der Waals surface area contributed by atoms with Gasteiger partial charge in [0, 0.05) is 43.0 Å². The molecule has 1 aromatic heterocycles. The first kappa shape index (κ1) is 22.7. The number of hydrogen-bond donors (Lipinski definition) is 0. The van der Waals surface area contributed by atoms with Gasteiger partial charge in [-0.2, -0.15) is 0 Å². The van der Waals surface area contributed by atoms with E-state index in [1.807, 2.05) is 0 Å². The van der Waals surface area contributed by atoms with E-state index >= 15 is 0 Å². The molecule has 2 saturated heterocycles. The maximum absolute atomic E-state index is 5.31. The molecule has 154 valence electrons. The Balaban J connectivity index is 0.00000140. The molecule has 7 heteroatoms. The normalized spacial score (nSPS) is 23.8. The van der Waals surface area contributed by atoms with Crippen molar-refractivity contribution in [3.8, 4) is 5.75 Å². The molecular formula is C21H30Cl2N4O. The van der Waals surface area contributed by atoms with E-state index in [2.05, 4.69) is 61.9 Å². The Hall–Kier alpha value is -1.56. The van der Waals surface area contributed by atoms with Crippen LogP contribution in [-0.4, -0.2) is 48.7 Å². The van der Waals surface area contributed by atoms with Crippen molar-refractivity contribution < 1.29 is 4.74 Å². The summed E-state index contributed by atoms with van der Waals surface area (Å²) in [5.74, 6) is 3.09. The zero-order valence-electron chi connectivity index (χ0n) is 17.2. The number of benzene rings is 1. The molecule has 3 atom stereocenters. The van der Waals surface area contributed by atoms with Crippen LogP contribution in [0.2, 0.25) is 0 Å². The standard InChI is InChI=1S/C21H28N4O.2ClH/c1-13-14(2)22-21(23-15(13)3)25-11-17-10-24(4)20(19(17)12-25)16-6-8-18(26-5)9-7-16;;/h6-9,17,19-20H,10-12H2,1-5H3;2*1H/t17-,19+,20-;;/m0../s1. The summed E-state index contributed by atoms with van der Waals surface area (Å²) >= 11 is 0. The number of methoxy groups -OCH3 is 1. The van der Waals surface area contributed by atoms with Gasteiger partial charge in [0.1, 0.15) is 5.75 Å². The molecule has 2 aromatic rings. The Morgan fingerprint density at radius 3 is 2.11 bits per heavy atom.